The van der Waals surface area contributed by atoms with Crippen LogP contribution in [0.2, 0.25) is 5.02 Å². The fourth-order valence-electron chi connectivity index (χ4n) is 1.66. The van der Waals surface area contributed by atoms with E-state index in [4.69, 9.17) is 17.3 Å². The highest BCUT2D eigenvalue weighted by Gasteiger charge is 2.02. The average molecular weight is 238 g/mol. The predicted octanol–water partition coefficient (Wildman–Crippen LogP) is 1.77. The second-order valence-corrected chi connectivity index (χ2v) is 4.21. The third kappa shape index (κ3) is 2.28. The van der Waals surface area contributed by atoms with E-state index in [1.807, 2.05) is 25.1 Å². The number of aromatic amines is 1. The summed E-state index contributed by atoms with van der Waals surface area (Å²) in [5, 5.41) is 3.44. The summed E-state index contributed by atoms with van der Waals surface area (Å²) in [4.78, 5) is 11.4. The third-order valence-corrected chi connectivity index (χ3v) is 2.47. The maximum Gasteiger partial charge on any atom is 0.268 e. The van der Waals surface area contributed by atoms with E-state index in [-0.39, 0.29) is 5.56 Å². The number of aryl methyl sites for hydroxylation is 1. The van der Waals surface area contributed by atoms with Gasteiger partial charge in [-0.25, -0.2) is 4.68 Å². The number of nitrogens with zero attached hydrogens (tertiary/aromatic N) is 1. The molecule has 2 aromatic rings. The van der Waals surface area contributed by atoms with Crippen LogP contribution >= 0.6 is 11.6 Å². The van der Waals surface area contributed by atoms with Crippen molar-refractivity contribution in [2.24, 2.45) is 0 Å². The van der Waals surface area contributed by atoms with E-state index in [9.17, 15) is 4.79 Å². The van der Waals surface area contributed by atoms with E-state index in [1.54, 1.807) is 0 Å². The lowest BCUT2D eigenvalue weighted by molar-refractivity contribution is 0.666. The normalized spacial score (nSPS) is 10.6. The molecule has 0 aliphatic heterocycles. The minimum atomic E-state index is -0.143. The molecule has 1 heterocycles. The van der Waals surface area contributed by atoms with E-state index >= 15 is 0 Å². The van der Waals surface area contributed by atoms with Crippen LogP contribution in [0.25, 0.3) is 0 Å². The monoisotopic (exact) mass is 237 g/mol. The zero-order chi connectivity index (χ0) is 11.7. The van der Waals surface area contributed by atoms with Gasteiger partial charge in [0, 0.05) is 11.1 Å². The van der Waals surface area contributed by atoms with Gasteiger partial charge in [-0.1, -0.05) is 17.7 Å². The van der Waals surface area contributed by atoms with Gasteiger partial charge < -0.3 is 5.73 Å². The molecule has 4 nitrogen and oxygen atoms in total. The quantitative estimate of drug-likeness (QED) is 0.836. The van der Waals surface area contributed by atoms with Gasteiger partial charge in [-0.2, -0.15) is 0 Å². The standard InChI is InChI=1S/C11H12ClN3O/c1-7-2-8(4-9(12)3-7)6-15-11(16)5-10(13)14-15/h2-5,14H,6,13H2,1H3. The maximum absolute atomic E-state index is 11.4. The van der Waals surface area contributed by atoms with Gasteiger partial charge in [0.25, 0.3) is 5.56 Å². The fraction of sp³-hybridized carbons (Fsp3) is 0.182. The van der Waals surface area contributed by atoms with E-state index in [2.05, 4.69) is 5.10 Å². The molecule has 0 saturated heterocycles. The minimum absolute atomic E-state index is 0.143. The Balaban J connectivity index is 2.33. The lowest BCUT2D eigenvalue weighted by Crippen LogP contribution is -2.16. The summed E-state index contributed by atoms with van der Waals surface area (Å²) in [6.07, 6.45) is 0. The smallest absolute Gasteiger partial charge is 0.268 e. The summed E-state index contributed by atoms with van der Waals surface area (Å²) >= 11 is 5.94. The number of halogens is 1. The highest BCUT2D eigenvalue weighted by Crippen LogP contribution is 2.15. The zero-order valence-electron chi connectivity index (χ0n) is 8.83. The van der Waals surface area contributed by atoms with Crippen LogP contribution in [0.15, 0.2) is 29.1 Å². The topological polar surface area (TPSA) is 63.8 Å². The van der Waals surface area contributed by atoms with E-state index in [1.165, 1.54) is 10.7 Å². The molecular formula is C11H12ClN3O. The van der Waals surface area contributed by atoms with Crippen molar-refractivity contribution in [2.45, 2.75) is 13.5 Å². The van der Waals surface area contributed by atoms with Gasteiger partial charge in [-0.3, -0.25) is 9.89 Å². The van der Waals surface area contributed by atoms with Gasteiger partial charge in [-0.15, -0.1) is 0 Å². The number of hydrogen-bond donors (Lipinski definition) is 2. The summed E-state index contributed by atoms with van der Waals surface area (Å²) in [7, 11) is 0. The molecule has 0 unspecified atom stereocenters. The van der Waals surface area contributed by atoms with Crippen LogP contribution < -0.4 is 11.3 Å². The molecule has 16 heavy (non-hydrogen) atoms. The van der Waals surface area contributed by atoms with Crippen molar-refractivity contribution in [3.8, 4) is 0 Å². The lowest BCUT2D eigenvalue weighted by atomic mass is 10.1. The molecule has 2 rings (SSSR count). The van der Waals surface area contributed by atoms with Crippen LogP contribution in [-0.4, -0.2) is 9.78 Å². The van der Waals surface area contributed by atoms with Crippen LogP contribution in [0.5, 0.6) is 0 Å². The van der Waals surface area contributed by atoms with E-state index in [0.717, 1.165) is 11.1 Å². The molecule has 0 atom stereocenters. The van der Waals surface area contributed by atoms with Gasteiger partial charge in [0.1, 0.15) is 5.82 Å². The minimum Gasteiger partial charge on any atom is -0.384 e. The maximum atomic E-state index is 11.4. The molecule has 1 aromatic carbocycles. The molecule has 0 aliphatic rings. The average Bonchev–Trinajstić information content (AvgIpc) is 2.43. The Hall–Kier alpha value is -1.68. The summed E-state index contributed by atoms with van der Waals surface area (Å²) < 4.78 is 1.44. The van der Waals surface area contributed by atoms with Gasteiger partial charge in [-0.05, 0) is 30.2 Å². The zero-order valence-corrected chi connectivity index (χ0v) is 9.58. The van der Waals surface area contributed by atoms with E-state index in [0.29, 0.717) is 17.4 Å². The van der Waals surface area contributed by atoms with Crippen molar-refractivity contribution in [1.29, 1.82) is 0 Å². The number of nitrogens with one attached hydrogen (secondary N) is 1. The second-order valence-electron chi connectivity index (χ2n) is 3.77. The molecule has 3 N–H and O–H groups in total. The Morgan fingerprint density at radius 3 is 2.69 bits per heavy atom. The first-order chi connectivity index (χ1) is 7.54. The molecule has 0 fully saturated rings. The summed E-state index contributed by atoms with van der Waals surface area (Å²) in [5.74, 6) is 0.365. The molecule has 84 valence electrons. The number of hydrogen-bond acceptors (Lipinski definition) is 2. The first-order valence-corrected chi connectivity index (χ1v) is 5.24. The molecular weight excluding hydrogens is 226 g/mol. The van der Waals surface area contributed by atoms with Gasteiger partial charge >= 0.3 is 0 Å². The second kappa shape index (κ2) is 4.06. The molecule has 0 amide bonds. The van der Waals surface area contributed by atoms with E-state index < -0.39 is 0 Å². The summed E-state index contributed by atoms with van der Waals surface area (Å²) in [6.45, 7) is 2.40. The van der Waals surface area contributed by atoms with Crippen molar-refractivity contribution in [2.75, 3.05) is 5.73 Å². The number of anilines is 1. The van der Waals surface area contributed by atoms with Crippen molar-refractivity contribution in [3.63, 3.8) is 0 Å². The first kappa shape index (κ1) is 10.8. The number of H-pyrrole nitrogens is 1. The Labute approximate surface area is 97.6 Å². The van der Waals surface area contributed by atoms with Crippen LogP contribution in [0, 0.1) is 6.92 Å². The molecule has 5 heteroatoms. The highest BCUT2D eigenvalue weighted by atomic mass is 35.5. The molecule has 0 radical (unpaired) electrons. The summed E-state index contributed by atoms with van der Waals surface area (Å²) in [5.41, 5.74) is 7.38. The number of rotatable bonds is 2. The van der Waals surface area contributed by atoms with Crippen LogP contribution in [0.3, 0.4) is 0 Å². The first-order valence-electron chi connectivity index (χ1n) is 4.86. The van der Waals surface area contributed by atoms with Crippen molar-refractivity contribution < 1.29 is 0 Å². The number of nitrogen functional groups attached to an aromatic ring is 1. The Kier molecular flexibility index (Phi) is 2.75. The fourth-order valence-corrected chi connectivity index (χ4v) is 1.97. The van der Waals surface area contributed by atoms with Gasteiger partial charge in [0.2, 0.25) is 0 Å². The molecule has 0 saturated carbocycles. The predicted molar refractivity (Wildman–Crippen MR) is 64.8 cm³/mol. The SMILES string of the molecule is Cc1cc(Cl)cc(Cn2[nH]c(N)cc2=O)c1. The molecule has 0 bridgehead atoms. The van der Waals surface area contributed by atoms with Crippen molar-refractivity contribution in [3.05, 3.63) is 50.8 Å². The van der Waals surface area contributed by atoms with Crippen LogP contribution in [0.1, 0.15) is 11.1 Å². The largest absolute Gasteiger partial charge is 0.384 e. The highest BCUT2D eigenvalue weighted by molar-refractivity contribution is 6.30. The van der Waals surface area contributed by atoms with Crippen molar-refractivity contribution in [1.82, 2.24) is 9.78 Å². The molecule has 0 spiro atoms. The summed E-state index contributed by atoms with van der Waals surface area (Å²) in [6, 6.07) is 7.04. The molecule has 1 aromatic heterocycles. The van der Waals surface area contributed by atoms with Crippen LogP contribution in [-0.2, 0) is 6.54 Å². The van der Waals surface area contributed by atoms with Crippen molar-refractivity contribution >= 4 is 17.4 Å². The Morgan fingerprint density at radius 2 is 2.12 bits per heavy atom. The van der Waals surface area contributed by atoms with Crippen LogP contribution in [0.4, 0.5) is 5.82 Å². The Morgan fingerprint density at radius 1 is 1.38 bits per heavy atom. The number of nitrogens with two attached hydrogens (primary N) is 1. The van der Waals surface area contributed by atoms with Gasteiger partial charge in [0.05, 0.1) is 6.54 Å². The Bertz CT molecular complexity index is 551. The number of aromatic nitrogens is 2. The van der Waals surface area contributed by atoms with Gasteiger partial charge in [0.15, 0.2) is 0 Å². The third-order valence-electron chi connectivity index (χ3n) is 2.25. The molecule has 0 aliphatic carbocycles. The number of benzene rings is 1. The lowest BCUT2D eigenvalue weighted by Gasteiger charge is -2.04.